The highest BCUT2D eigenvalue weighted by atomic mass is 16.5. The highest BCUT2D eigenvalue weighted by molar-refractivity contribution is 5.98. The summed E-state index contributed by atoms with van der Waals surface area (Å²) in [5.41, 5.74) is 11.2. The van der Waals surface area contributed by atoms with Crippen LogP contribution in [0.15, 0.2) is 72.9 Å². The maximum Gasteiger partial charge on any atom is 0.167 e. The number of fused-ring (bicyclic) bond motifs is 1. The Bertz CT molecular complexity index is 1460. The smallest absolute Gasteiger partial charge is 0.167 e. The number of nitrogens with two attached hydrogens (primary N) is 1. The van der Waals surface area contributed by atoms with Crippen molar-refractivity contribution in [3.05, 3.63) is 89.6 Å². The van der Waals surface area contributed by atoms with Gasteiger partial charge in [0.2, 0.25) is 0 Å². The second-order valence-corrected chi connectivity index (χ2v) is 10.4. The molecule has 1 aromatic heterocycles. The average Bonchev–Trinajstić information content (AvgIpc) is 3.67. The van der Waals surface area contributed by atoms with Gasteiger partial charge in [0.15, 0.2) is 5.78 Å². The molecule has 2 aliphatic rings. The van der Waals surface area contributed by atoms with Gasteiger partial charge < -0.3 is 15.4 Å². The Balaban J connectivity index is 1.13. The first kappa shape index (κ1) is 24.5. The molecule has 0 amide bonds. The van der Waals surface area contributed by atoms with Gasteiger partial charge in [0.25, 0.3) is 0 Å². The molecular formula is C31H32N4O3. The first-order valence-electron chi connectivity index (χ1n) is 13.3. The Hall–Kier alpha value is -3.81. The molecule has 1 saturated carbocycles. The predicted molar refractivity (Wildman–Crippen MR) is 148 cm³/mol. The Morgan fingerprint density at radius 2 is 1.55 bits per heavy atom. The van der Waals surface area contributed by atoms with Crippen LogP contribution in [0.2, 0.25) is 0 Å². The van der Waals surface area contributed by atoms with Gasteiger partial charge in [-0.3, -0.25) is 9.59 Å². The van der Waals surface area contributed by atoms with Crippen molar-refractivity contribution in [2.75, 3.05) is 37.7 Å². The lowest BCUT2D eigenvalue weighted by Gasteiger charge is -2.28. The highest BCUT2D eigenvalue weighted by Crippen LogP contribution is 2.46. The monoisotopic (exact) mass is 508 g/mol. The number of hydrogen-bond acceptors (Lipinski definition) is 6. The zero-order valence-corrected chi connectivity index (χ0v) is 21.4. The first-order chi connectivity index (χ1) is 18.5. The van der Waals surface area contributed by atoms with Crippen LogP contribution in [0.1, 0.15) is 34.3 Å². The van der Waals surface area contributed by atoms with Crippen LogP contribution in [0, 0.1) is 5.41 Å². The predicted octanol–water partition coefficient (Wildman–Crippen LogP) is 4.14. The minimum absolute atomic E-state index is 0.0954. The van der Waals surface area contributed by atoms with E-state index >= 15 is 0 Å². The van der Waals surface area contributed by atoms with Gasteiger partial charge in [0.1, 0.15) is 5.78 Å². The van der Waals surface area contributed by atoms with Crippen molar-refractivity contribution >= 4 is 28.2 Å². The van der Waals surface area contributed by atoms with E-state index < -0.39 is 0 Å². The number of hydrogen-bond donors (Lipinski definition) is 1. The van der Waals surface area contributed by atoms with Gasteiger partial charge in [-0.1, -0.05) is 18.2 Å². The summed E-state index contributed by atoms with van der Waals surface area (Å²) in [5.74, 6) is 0.338. The lowest BCUT2D eigenvalue weighted by Crippen LogP contribution is -2.36. The van der Waals surface area contributed by atoms with Gasteiger partial charge in [0.05, 0.1) is 30.6 Å². The molecule has 7 heteroatoms. The number of ether oxygens (including phenoxy) is 1. The van der Waals surface area contributed by atoms with Gasteiger partial charge in [-0.05, 0) is 72.5 Å². The topological polar surface area (TPSA) is 90.5 Å². The Kier molecular flexibility index (Phi) is 6.55. The van der Waals surface area contributed by atoms with Gasteiger partial charge in [0, 0.05) is 54.5 Å². The number of carbonyl (C=O) groups excluding carboxylic acids is 2. The number of aromatic nitrogens is 2. The van der Waals surface area contributed by atoms with Crippen molar-refractivity contribution in [3.63, 3.8) is 0 Å². The van der Waals surface area contributed by atoms with E-state index in [9.17, 15) is 9.59 Å². The summed E-state index contributed by atoms with van der Waals surface area (Å²) in [4.78, 5) is 27.8. The Morgan fingerprint density at radius 3 is 2.24 bits per heavy atom. The van der Waals surface area contributed by atoms with Crippen LogP contribution in [0.25, 0.3) is 16.6 Å². The summed E-state index contributed by atoms with van der Waals surface area (Å²) >= 11 is 0. The van der Waals surface area contributed by atoms with Crippen LogP contribution in [0.3, 0.4) is 0 Å². The number of rotatable bonds is 9. The van der Waals surface area contributed by atoms with Crippen molar-refractivity contribution in [3.8, 4) is 5.69 Å². The molecule has 2 heterocycles. The van der Waals surface area contributed by atoms with Crippen LogP contribution in [0.4, 0.5) is 5.69 Å². The third kappa shape index (κ3) is 4.87. The number of carbonyl (C=O) groups is 2. The van der Waals surface area contributed by atoms with E-state index in [0.29, 0.717) is 19.4 Å². The number of benzene rings is 3. The van der Waals surface area contributed by atoms with Crippen molar-refractivity contribution in [2.24, 2.45) is 11.1 Å². The molecule has 1 saturated heterocycles. The Morgan fingerprint density at radius 1 is 0.868 bits per heavy atom. The maximum atomic E-state index is 13.0. The van der Waals surface area contributed by atoms with E-state index in [1.165, 1.54) is 0 Å². The van der Waals surface area contributed by atoms with Crippen molar-refractivity contribution in [1.82, 2.24) is 9.78 Å². The molecule has 6 rings (SSSR count). The van der Waals surface area contributed by atoms with Gasteiger partial charge in [-0.2, -0.15) is 5.10 Å². The standard InChI is InChI=1S/C31H32N4O3/c32-21-31(11-12-31)30(37)19-22-1-6-27(7-2-22)35-28-10-3-23(17-25(28)20-33-35)18-29(36)24-4-8-26(9-5-24)34-13-15-38-16-14-34/h1-10,17,20H,11-16,18-19,21,32H2. The third-order valence-electron chi connectivity index (χ3n) is 7.94. The zero-order chi connectivity index (χ0) is 26.1. The normalized spacial score (nSPS) is 16.5. The second kappa shape index (κ2) is 10.2. The highest BCUT2D eigenvalue weighted by Gasteiger charge is 2.47. The van der Waals surface area contributed by atoms with E-state index in [1.807, 2.05) is 77.6 Å². The van der Waals surface area contributed by atoms with Gasteiger partial charge in [-0.25, -0.2) is 4.68 Å². The third-order valence-corrected chi connectivity index (χ3v) is 7.94. The summed E-state index contributed by atoms with van der Waals surface area (Å²) in [6.45, 7) is 3.67. The molecule has 3 aromatic carbocycles. The molecule has 1 aliphatic carbocycles. The summed E-state index contributed by atoms with van der Waals surface area (Å²) < 4.78 is 7.31. The van der Waals surface area contributed by atoms with Crippen LogP contribution >= 0.6 is 0 Å². The fourth-order valence-corrected chi connectivity index (χ4v) is 5.24. The van der Waals surface area contributed by atoms with E-state index in [4.69, 9.17) is 10.5 Å². The molecule has 0 radical (unpaired) electrons. The van der Waals surface area contributed by atoms with E-state index in [0.717, 1.165) is 78.1 Å². The fraction of sp³-hybridized carbons (Fsp3) is 0.323. The maximum absolute atomic E-state index is 13.0. The molecule has 0 unspecified atom stereocenters. The quantitative estimate of drug-likeness (QED) is 0.342. The van der Waals surface area contributed by atoms with E-state index in [-0.39, 0.29) is 17.0 Å². The number of morpholine rings is 1. The second-order valence-electron chi connectivity index (χ2n) is 10.4. The molecule has 0 spiro atoms. The van der Waals surface area contributed by atoms with Crippen molar-refractivity contribution < 1.29 is 14.3 Å². The molecular weight excluding hydrogens is 476 g/mol. The fourth-order valence-electron chi connectivity index (χ4n) is 5.24. The number of anilines is 1. The molecule has 7 nitrogen and oxygen atoms in total. The zero-order valence-electron chi connectivity index (χ0n) is 21.4. The molecule has 0 bridgehead atoms. The minimum atomic E-state index is -0.275. The van der Waals surface area contributed by atoms with Crippen LogP contribution < -0.4 is 10.6 Å². The molecule has 2 N–H and O–H groups in total. The number of ketones is 2. The minimum Gasteiger partial charge on any atom is -0.378 e. The van der Waals surface area contributed by atoms with Crippen LogP contribution in [0.5, 0.6) is 0 Å². The number of Topliss-reactive ketones (excluding diaryl/α,β-unsaturated/α-hetero) is 2. The van der Waals surface area contributed by atoms with Crippen LogP contribution in [-0.2, 0) is 22.4 Å². The molecule has 1 aliphatic heterocycles. The SMILES string of the molecule is NCC1(C(=O)Cc2ccc(-n3ncc4cc(CC(=O)c5ccc(N6CCOCC6)cc5)ccc43)cc2)CC1. The first-order valence-corrected chi connectivity index (χ1v) is 13.3. The number of nitrogens with zero attached hydrogens (tertiary/aromatic N) is 3. The molecule has 4 aromatic rings. The average molecular weight is 509 g/mol. The lowest BCUT2D eigenvalue weighted by molar-refractivity contribution is -0.123. The van der Waals surface area contributed by atoms with Gasteiger partial charge in [-0.15, -0.1) is 0 Å². The van der Waals surface area contributed by atoms with E-state index in [2.05, 4.69) is 10.00 Å². The van der Waals surface area contributed by atoms with Gasteiger partial charge >= 0.3 is 0 Å². The molecule has 0 atom stereocenters. The van der Waals surface area contributed by atoms with Crippen molar-refractivity contribution in [2.45, 2.75) is 25.7 Å². The summed E-state index contributed by atoms with van der Waals surface area (Å²) in [5, 5.41) is 5.57. The summed E-state index contributed by atoms with van der Waals surface area (Å²) in [7, 11) is 0. The molecule has 2 fully saturated rings. The van der Waals surface area contributed by atoms with E-state index in [1.54, 1.807) is 0 Å². The molecule has 38 heavy (non-hydrogen) atoms. The summed E-state index contributed by atoms with van der Waals surface area (Å²) in [6.07, 6.45) is 4.41. The largest absolute Gasteiger partial charge is 0.378 e. The Labute approximate surface area is 222 Å². The van der Waals surface area contributed by atoms with Crippen LogP contribution in [-0.4, -0.2) is 54.2 Å². The molecule has 194 valence electrons. The van der Waals surface area contributed by atoms with Crippen molar-refractivity contribution in [1.29, 1.82) is 0 Å². The summed E-state index contributed by atoms with van der Waals surface area (Å²) in [6, 6.07) is 21.9. The lowest BCUT2D eigenvalue weighted by atomic mass is 9.95.